The number of hydrogen-bond acceptors (Lipinski definition) is 4. The molecule has 0 aromatic carbocycles. The third kappa shape index (κ3) is 2.49. The van der Waals surface area contributed by atoms with Crippen LogP contribution in [0.5, 0.6) is 0 Å². The molecule has 1 atom stereocenters. The Morgan fingerprint density at radius 1 is 1.56 bits per heavy atom. The summed E-state index contributed by atoms with van der Waals surface area (Å²) in [6.45, 7) is 1.40. The first kappa shape index (κ1) is 13.3. The number of nitrogens with one attached hydrogen (secondary N) is 1. The molecule has 0 saturated carbocycles. The number of rotatable bonds is 4. The van der Waals surface area contributed by atoms with Crippen molar-refractivity contribution in [2.24, 2.45) is 0 Å². The van der Waals surface area contributed by atoms with Gasteiger partial charge in [0.2, 0.25) is 0 Å². The van der Waals surface area contributed by atoms with E-state index in [2.05, 4.69) is 9.71 Å². The van der Waals surface area contributed by atoms with Gasteiger partial charge < -0.3 is 5.11 Å². The minimum atomic E-state index is -3.81. The van der Waals surface area contributed by atoms with Crippen LogP contribution >= 0.6 is 11.6 Å². The van der Waals surface area contributed by atoms with Crippen molar-refractivity contribution in [1.82, 2.24) is 14.1 Å². The highest BCUT2D eigenvalue weighted by Crippen LogP contribution is 2.22. The summed E-state index contributed by atoms with van der Waals surface area (Å²) >= 11 is 5.85. The van der Waals surface area contributed by atoms with Gasteiger partial charge in [-0.05, 0) is 19.1 Å². The quantitative estimate of drug-likeness (QED) is 0.865. The van der Waals surface area contributed by atoms with Gasteiger partial charge in [0.15, 0.2) is 10.2 Å². The molecule has 98 valence electrons. The predicted molar refractivity (Wildman–Crippen MR) is 67.1 cm³/mol. The highest BCUT2D eigenvalue weighted by molar-refractivity contribution is 7.89. The van der Waals surface area contributed by atoms with Crippen LogP contribution in [0.25, 0.3) is 5.65 Å². The Labute approximate surface area is 109 Å². The van der Waals surface area contributed by atoms with E-state index in [1.165, 1.54) is 11.3 Å². The Morgan fingerprint density at radius 2 is 2.28 bits per heavy atom. The second kappa shape index (κ2) is 4.85. The maximum absolute atomic E-state index is 12.1. The Bertz CT molecular complexity index is 666. The first-order valence-electron chi connectivity index (χ1n) is 5.22. The molecule has 0 aliphatic carbocycles. The van der Waals surface area contributed by atoms with E-state index < -0.39 is 16.1 Å². The van der Waals surface area contributed by atoms with E-state index in [0.717, 1.165) is 0 Å². The molecule has 2 aromatic heterocycles. The number of pyridine rings is 1. The van der Waals surface area contributed by atoms with E-state index in [9.17, 15) is 8.42 Å². The Kier molecular flexibility index (Phi) is 3.58. The van der Waals surface area contributed by atoms with Gasteiger partial charge in [0.25, 0.3) is 10.0 Å². The van der Waals surface area contributed by atoms with Crippen LogP contribution in [0.4, 0.5) is 0 Å². The fraction of sp³-hybridized carbons (Fsp3) is 0.300. The molecule has 6 nitrogen and oxygen atoms in total. The molecule has 0 saturated heterocycles. The largest absolute Gasteiger partial charge is 0.392 e. The molecule has 2 aromatic rings. The minimum Gasteiger partial charge on any atom is -0.392 e. The number of hydrogen-bond donors (Lipinski definition) is 2. The maximum atomic E-state index is 12.1. The second-order valence-electron chi connectivity index (χ2n) is 3.84. The van der Waals surface area contributed by atoms with E-state index in [0.29, 0.717) is 5.65 Å². The molecule has 8 heteroatoms. The van der Waals surface area contributed by atoms with E-state index >= 15 is 0 Å². The van der Waals surface area contributed by atoms with Gasteiger partial charge in [-0.3, -0.25) is 4.40 Å². The zero-order chi connectivity index (χ0) is 13.3. The van der Waals surface area contributed by atoms with Gasteiger partial charge in [0, 0.05) is 12.7 Å². The summed E-state index contributed by atoms with van der Waals surface area (Å²) in [6.07, 6.45) is 0.781. The number of aromatic nitrogens is 2. The van der Waals surface area contributed by atoms with Crippen LogP contribution < -0.4 is 4.72 Å². The summed E-state index contributed by atoms with van der Waals surface area (Å²) in [5.74, 6) is 0. The van der Waals surface area contributed by atoms with Gasteiger partial charge in [-0.15, -0.1) is 0 Å². The van der Waals surface area contributed by atoms with E-state index in [4.69, 9.17) is 16.7 Å². The lowest BCUT2D eigenvalue weighted by Crippen LogP contribution is -2.31. The van der Waals surface area contributed by atoms with Gasteiger partial charge >= 0.3 is 0 Å². The molecule has 2 rings (SSSR count). The standard InChI is InChI=1S/C10H12ClN3O3S/c1-7(15)6-12-18(16,17)10-9(11)13-8-4-2-3-5-14(8)10/h2-5,7,12,15H,6H2,1H3/t7-/m0/s1. The van der Waals surface area contributed by atoms with Crippen LogP contribution in [0.2, 0.25) is 5.15 Å². The van der Waals surface area contributed by atoms with E-state index in [1.54, 1.807) is 24.4 Å². The average molecular weight is 290 g/mol. The van der Waals surface area contributed by atoms with Crippen molar-refractivity contribution in [2.75, 3.05) is 6.54 Å². The molecule has 2 N–H and O–H groups in total. The number of imidazole rings is 1. The average Bonchev–Trinajstić information content (AvgIpc) is 2.63. The van der Waals surface area contributed by atoms with Crippen molar-refractivity contribution in [2.45, 2.75) is 18.1 Å². The lowest BCUT2D eigenvalue weighted by atomic mass is 10.4. The molecular formula is C10H12ClN3O3S. The van der Waals surface area contributed by atoms with Crippen LogP contribution in [0, 0.1) is 0 Å². The molecular weight excluding hydrogens is 278 g/mol. The molecule has 0 bridgehead atoms. The lowest BCUT2D eigenvalue weighted by Gasteiger charge is -2.08. The zero-order valence-electron chi connectivity index (χ0n) is 9.54. The minimum absolute atomic E-state index is 0.0846. The van der Waals surface area contributed by atoms with E-state index in [-0.39, 0.29) is 16.7 Å². The normalized spacial score (nSPS) is 13.9. The molecule has 0 aliphatic heterocycles. The summed E-state index contributed by atoms with van der Waals surface area (Å²) < 4.78 is 27.8. The fourth-order valence-corrected chi connectivity index (χ4v) is 3.24. The summed E-state index contributed by atoms with van der Waals surface area (Å²) in [5, 5.41) is 8.89. The zero-order valence-corrected chi connectivity index (χ0v) is 11.1. The number of aliphatic hydroxyl groups is 1. The van der Waals surface area contributed by atoms with Crippen LogP contribution in [-0.2, 0) is 10.0 Å². The Balaban J connectivity index is 2.50. The maximum Gasteiger partial charge on any atom is 0.259 e. The van der Waals surface area contributed by atoms with Crippen molar-refractivity contribution in [3.63, 3.8) is 0 Å². The topological polar surface area (TPSA) is 83.7 Å². The number of nitrogens with zero attached hydrogens (tertiary/aromatic N) is 2. The number of aliphatic hydroxyl groups excluding tert-OH is 1. The molecule has 0 radical (unpaired) electrons. The molecule has 0 unspecified atom stereocenters. The van der Waals surface area contributed by atoms with E-state index in [1.807, 2.05) is 0 Å². The summed E-state index contributed by atoms with van der Waals surface area (Å²) in [5.41, 5.74) is 0.444. The monoisotopic (exact) mass is 289 g/mol. The number of sulfonamides is 1. The Morgan fingerprint density at radius 3 is 2.94 bits per heavy atom. The van der Waals surface area contributed by atoms with Gasteiger partial charge in [-0.1, -0.05) is 17.7 Å². The highest BCUT2D eigenvalue weighted by atomic mass is 35.5. The third-order valence-electron chi connectivity index (χ3n) is 2.27. The third-order valence-corrected chi connectivity index (χ3v) is 4.09. The van der Waals surface area contributed by atoms with Gasteiger partial charge in [0.05, 0.1) is 6.10 Å². The van der Waals surface area contributed by atoms with Gasteiger partial charge in [0.1, 0.15) is 5.65 Å². The summed E-state index contributed by atoms with van der Waals surface area (Å²) in [4.78, 5) is 3.95. The number of halogens is 1. The lowest BCUT2D eigenvalue weighted by molar-refractivity contribution is 0.198. The number of fused-ring (bicyclic) bond motifs is 1. The van der Waals surface area contributed by atoms with Gasteiger partial charge in [-0.2, -0.15) is 0 Å². The molecule has 2 heterocycles. The summed E-state index contributed by atoms with van der Waals surface area (Å²) in [7, 11) is -3.81. The van der Waals surface area contributed by atoms with Crippen molar-refractivity contribution >= 4 is 27.3 Å². The molecule has 0 amide bonds. The fourth-order valence-electron chi connectivity index (χ4n) is 1.48. The molecule has 0 fully saturated rings. The highest BCUT2D eigenvalue weighted by Gasteiger charge is 2.24. The van der Waals surface area contributed by atoms with Gasteiger partial charge in [-0.25, -0.2) is 18.1 Å². The van der Waals surface area contributed by atoms with Crippen LogP contribution in [0.15, 0.2) is 29.4 Å². The van der Waals surface area contributed by atoms with Crippen molar-refractivity contribution in [1.29, 1.82) is 0 Å². The smallest absolute Gasteiger partial charge is 0.259 e. The van der Waals surface area contributed by atoms with Crippen LogP contribution in [-0.4, -0.2) is 35.6 Å². The molecule has 0 aliphatic rings. The first-order valence-corrected chi connectivity index (χ1v) is 7.08. The SMILES string of the molecule is C[C@H](O)CNS(=O)(=O)c1c(Cl)nc2ccccn12. The summed E-state index contributed by atoms with van der Waals surface area (Å²) in [6, 6.07) is 5.07. The molecule has 0 spiro atoms. The van der Waals surface area contributed by atoms with Crippen LogP contribution in [0.3, 0.4) is 0 Å². The van der Waals surface area contributed by atoms with Crippen molar-refractivity contribution < 1.29 is 13.5 Å². The van der Waals surface area contributed by atoms with Crippen molar-refractivity contribution in [3.8, 4) is 0 Å². The second-order valence-corrected chi connectivity index (χ2v) is 5.88. The van der Waals surface area contributed by atoms with Crippen molar-refractivity contribution in [3.05, 3.63) is 29.5 Å². The molecule has 18 heavy (non-hydrogen) atoms. The first-order chi connectivity index (χ1) is 8.42. The predicted octanol–water partition coefficient (Wildman–Crippen LogP) is 0.647. The van der Waals surface area contributed by atoms with Crippen LogP contribution in [0.1, 0.15) is 6.92 Å². The Hall–Kier alpha value is -1.15.